The zero-order valence-electron chi connectivity index (χ0n) is 13.1. The number of rotatable bonds is 7. The van der Waals surface area contributed by atoms with Crippen LogP contribution in [0.3, 0.4) is 0 Å². The first-order chi connectivity index (χ1) is 9.65. The number of hydrogen-bond acceptors (Lipinski definition) is 5. The Morgan fingerprint density at radius 1 is 1.50 bits per heavy atom. The van der Waals surface area contributed by atoms with Crippen LogP contribution >= 0.6 is 11.3 Å². The fourth-order valence-electron chi connectivity index (χ4n) is 2.72. The smallest absolute Gasteiger partial charge is 0.185 e. The van der Waals surface area contributed by atoms with Crippen molar-refractivity contribution in [3.63, 3.8) is 0 Å². The van der Waals surface area contributed by atoms with Gasteiger partial charge in [-0.05, 0) is 32.2 Å². The van der Waals surface area contributed by atoms with Crippen LogP contribution in [-0.2, 0) is 11.2 Å². The molecule has 0 fully saturated rings. The van der Waals surface area contributed by atoms with E-state index in [1.165, 1.54) is 28.5 Å². The number of aromatic nitrogens is 1. The Kier molecular flexibility index (Phi) is 5.81. The predicted molar refractivity (Wildman–Crippen MR) is 85.8 cm³/mol. The molecular weight excluding hydrogens is 270 g/mol. The summed E-state index contributed by atoms with van der Waals surface area (Å²) in [5, 5.41) is 4.59. The summed E-state index contributed by atoms with van der Waals surface area (Å²) in [5.74, 6) is 0.632. The second-order valence-corrected chi connectivity index (χ2v) is 6.88. The van der Waals surface area contributed by atoms with Gasteiger partial charge in [0.1, 0.15) is 0 Å². The van der Waals surface area contributed by atoms with E-state index in [0.717, 1.165) is 26.1 Å². The molecule has 0 amide bonds. The van der Waals surface area contributed by atoms with Crippen molar-refractivity contribution in [3.8, 4) is 0 Å². The molecule has 1 aliphatic carbocycles. The van der Waals surface area contributed by atoms with Gasteiger partial charge in [0.25, 0.3) is 0 Å². The summed E-state index contributed by atoms with van der Waals surface area (Å²) in [4.78, 5) is 8.73. The average Bonchev–Trinajstić information content (AvgIpc) is 2.86. The van der Waals surface area contributed by atoms with E-state index in [2.05, 4.69) is 31.1 Å². The first-order valence-electron chi connectivity index (χ1n) is 7.56. The van der Waals surface area contributed by atoms with Crippen molar-refractivity contribution in [2.75, 3.05) is 38.8 Å². The Balaban J connectivity index is 2.18. The Labute approximate surface area is 126 Å². The van der Waals surface area contributed by atoms with Crippen molar-refractivity contribution in [2.45, 2.75) is 39.2 Å². The minimum atomic E-state index is 0.494. The Morgan fingerprint density at radius 2 is 2.30 bits per heavy atom. The summed E-state index contributed by atoms with van der Waals surface area (Å²) in [6, 6.07) is 0.494. The van der Waals surface area contributed by atoms with Gasteiger partial charge in [0.05, 0.1) is 12.3 Å². The highest BCUT2D eigenvalue weighted by molar-refractivity contribution is 7.15. The van der Waals surface area contributed by atoms with Gasteiger partial charge in [-0.2, -0.15) is 0 Å². The van der Waals surface area contributed by atoms with Gasteiger partial charge < -0.3 is 15.0 Å². The summed E-state index contributed by atoms with van der Waals surface area (Å²) >= 11 is 1.87. The maximum atomic E-state index is 5.24. The quantitative estimate of drug-likeness (QED) is 0.840. The number of thiazole rings is 1. The molecule has 1 aromatic rings. The highest BCUT2D eigenvalue weighted by atomic mass is 32.1. The van der Waals surface area contributed by atoms with Crippen LogP contribution in [0.5, 0.6) is 0 Å². The standard InChI is InChI=1S/C15H27N3OS/c1-11(2)10-18(8-9-19-4)15-17-13-7-5-6-12(16-3)14(13)20-15/h11-12,16H,5-10H2,1-4H3. The molecule has 0 aliphatic heterocycles. The lowest BCUT2D eigenvalue weighted by Gasteiger charge is -2.23. The van der Waals surface area contributed by atoms with Crippen molar-refractivity contribution in [3.05, 3.63) is 10.6 Å². The molecule has 1 N–H and O–H groups in total. The van der Waals surface area contributed by atoms with Crippen molar-refractivity contribution in [1.29, 1.82) is 0 Å². The predicted octanol–water partition coefficient (Wildman–Crippen LogP) is 2.85. The topological polar surface area (TPSA) is 37.4 Å². The molecule has 0 saturated heterocycles. The van der Waals surface area contributed by atoms with E-state index in [1.54, 1.807) is 7.11 Å². The first kappa shape index (κ1) is 15.7. The van der Waals surface area contributed by atoms with Gasteiger partial charge in [0.15, 0.2) is 5.13 Å². The lowest BCUT2D eigenvalue weighted by molar-refractivity contribution is 0.204. The Hall–Kier alpha value is -0.650. The number of aryl methyl sites for hydroxylation is 1. The lowest BCUT2D eigenvalue weighted by atomic mass is 9.98. The molecule has 0 radical (unpaired) electrons. The van der Waals surface area contributed by atoms with Crippen molar-refractivity contribution < 1.29 is 4.74 Å². The van der Waals surface area contributed by atoms with E-state index in [4.69, 9.17) is 9.72 Å². The maximum Gasteiger partial charge on any atom is 0.185 e. The Bertz CT molecular complexity index is 419. The first-order valence-corrected chi connectivity index (χ1v) is 8.38. The van der Waals surface area contributed by atoms with Gasteiger partial charge in [-0.15, -0.1) is 0 Å². The van der Waals surface area contributed by atoms with Crippen LogP contribution in [-0.4, -0.2) is 38.8 Å². The highest BCUT2D eigenvalue weighted by Gasteiger charge is 2.25. The summed E-state index contributed by atoms with van der Waals surface area (Å²) in [5.41, 5.74) is 1.31. The largest absolute Gasteiger partial charge is 0.383 e. The molecule has 2 rings (SSSR count). The third-order valence-corrected chi connectivity index (χ3v) is 4.98. The molecule has 1 heterocycles. The third-order valence-electron chi connectivity index (χ3n) is 3.71. The van der Waals surface area contributed by atoms with E-state index >= 15 is 0 Å². The summed E-state index contributed by atoms with van der Waals surface area (Å²) in [6.45, 7) is 7.23. The van der Waals surface area contributed by atoms with E-state index in [0.29, 0.717) is 12.0 Å². The maximum absolute atomic E-state index is 5.24. The molecule has 20 heavy (non-hydrogen) atoms. The third kappa shape index (κ3) is 3.71. The fraction of sp³-hybridized carbons (Fsp3) is 0.800. The van der Waals surface area contributed by atoms with E-state index in [-0.39, 0.29) is 0 Å². The molecule has 1 aromatic heterocycles. The van der Waals surface area contributed by atoms with Crippen LogP contribution in [0.25, 0.3) is 0 Å². The molecule has 1 unspecified atom stereocenters. The Morgan fingerprint density at radius 3 is 2.95 bits per heavy atom. The van der Waals surface area contributed by atoms with Crippen LogP contribution in [0, 0.1) is 5.92 Å². The van der Waals surface area contributed by atoms with Crippen molar-refractivity contribution >= 4 is 16.5 Å². The molecule has 0 bridgehead atoms. The monoisotopic (exact) mass is 297 g/mol. The number of methoxy groups -OCH3 is 1. The second-order valence-electron chi connectivity index (χ2n) is 5.87. The summed E-state index contributed by atoms with van der Waals surface area (Å²) < 4.78 is 5.24. The molecule has 0 aromatic carbocycles. The summed E-state index contributed by atoms with van der Waals surface area (Å²) in [6.07, 6.45) is 3.60. The molecule has 1 aliphatic rings. The zero-order valence-corrected chi connectivity index (χ0v) is 13.9. The van der Waals surface area contributed by atoms with Crippen LogP contribution in [0.15, 0.2) is 0 Å². The number of hydrogen-bond donors (Lipinski definition) is 1. The molecule has 4 nitrogen and oxygen atoms in total. The van der Waals surface area contributed by atoms with Crippen molar-refractivity contribution in [2.24, 2.45) is 5.92 Å². The van der Waals surface area contributed by atoms with E-state index in [9.17, 15) is 0 Å². The van der Waals surface area contributed by atoms with Gasteiger partial charge in [-0.25, -0.2) is 4.98 Å². The minimum absolute atomic E-state index is 0.494. The minimum Gasteiger partial charge on any atom is -0.383 e. The fourth-order valence-corrected chi connectivity index (χ4v) is 4.02. The van der Waals surface area contributed by atoms with Crippen LogP contribution in [0.4, 0.5) is 5.13 Å². The molecule has 114 valence electrons. The van der Waals surface area contributed by atoms with Crippen LogP contribution in [0.1, 0.15) is 43.3 Å². The molecule has 1 atom stereocenters. The van der Waals surface area contributed by atoms with E-state index in [1.807, 2.05) is 11.3 Å². The molecule has 0 spiro atoms. The second kappa shape index (κ2) is 7.38. The number of nitrogens with one attached hydrogen (secondary N) is 1. The van der Waals surface area contributed by atoms with E-state index < -0.39 is 0 Å². The number of fused-ring (bicyclic) bond motifs is 1. The lowest BCUT2D eigenvalue weighted by Crippen LogP contribution is -2.30. The molecule has 0 saturated carbocycles. The average molecular weight is 297 g/mol. The van der Waals surface area contributed by atoms with Gasteiger partial charge in [0, 0.05) is 31.1 Å². The van der Waals surface area contributed by atoms with Gasteiger partial charge in [-0.3, -0.25) is 0 Å². The molecular formula is C15H27N3OS. The number of ether oxygens (including phenoxy) is 1. The van der Waals surface area contributed by atoms with Crippen molar-refractivity contribution in [1.82, 2.24) is 10.3 Å². The summed E-state index contributed by atoms with van der Waals surface area (Å²) in [7, 11) is 3.81. The van der Waals surface area contributed by atoms with Gasteiger partial charge in [0.2, 0.25) is 0 Å². The SMILES string of the molecule is CNC1CCCc2nc(N(CCOC)CC(C)C)sc21. The normalized spacial score (nSPS) is 18.4. The van der Waals surface area contributed by atoms with Gasteiger partial charge in [-0.1, -0.05) is 25.2 Å². The highest BCUT2D eigenvalue weighted by Crippen LogP contribution is 2.37. The molecule has 5 heteroatoms. The van der Waals surface area contributed by atoms with Crippen LogP contribution in [0.2, 0.25) is 0 Å². The zero-order chi connectivity index (χ0) is 14.5. The van der Waals surface area contributed by atoms with Crippen LogP contribution < -0.4 is 10.2 Å². The number of nitrogens with zero attached hydrogens (tertiary/aromatic N) is 2. The number of anilines is 1. The van der Waals surface area contributed by atoms with Gasteiger partial charge >= 0.3 is 0 Å².